The minimum atomic E-state index is -0.614. The first-order valence-electron chi connectivity index (χ1n) is 13.8. The minimum Gasteiger partial charge on any atom is -0.300 e. The second-order valence-electron chi connectivity index (χ2n) is 10.3. The molecule has 1 N–H and O–H groups in total. The zero-order valence-corrected chi connectivity index (χ0v) is 25.6. The van der Waals surface area contributed by atoms with E-state index in [1.54, 1.807) is 0 Å². The highest BCUT2D eigenvalue weighted by atomic mass is 32.1. The second-order valence-corrected chi connectivity index (χ2v) is 11.8. The highest BCUT2D eigenvalue weighted by molar-refractivity contribution is 7.80. The zero-order chi connectivity index (χ0) is 28.1. The van der Waals surface area contributed by atoms with Gasteiger partial charge in [0.25, 0.3) is 0 Å². The molecule has 0 aliphatic rings. The van der Waals surface area contributed by atoms with Crippen LogP contribution >= 0.6 is 37.9 Å². The van der Waals surface area contributed by atoms with Crippen LogP contribution in [0.25, 0.3) is 22.3 Å². The van der Waals surface area contributed by atoms with Gasteiger partial charge >= 0.3 is 0 Å². The molecular weight excluding hydrogens is 543 g/mol. The van der Waals surface area contributed by atoms with Crippen LogP contribution in [0.15, 0.2) is 130 Å². The van der Waals surface area contributed by atoms with Crippen LogP contribution in [-0.2, 0) is 5.54 Å². The number of rotatable bonds is 9. The average Bonchev–Trinajstić information content (AvgIpc) is 2.98. The second kappa shape index (κ2) is 12.7. The largest absolute Gasteiger partial charge is 0.300 e. The van der Waals surface area contributed by atoms with Crippen LogP contribution in [0, 0.1) is 6.92 Å². The van der Waals surface area contributed by atoms with Crippen molar-refractivity contribution in [1.29, 1.82) is 0 Å². The smallest absolute Gasteiger partial charge is 0.0961 e. The molecule has 0 radical (unpaired) electrons. The lowest BCUT2D eigenvalue weighted by atomic mass is 9.74. The fourth-order valence-electron chi connectivity index (χ4n) is 5.42. The molecule has 1 unspecified atom stereocenters. The van der Waals surface area contributed by atoms with Crippen LogP contribution < -0.4 is 5.32 Å². The molecule has 0 spiro atoms. The van der Waals surface area contributed by atoms with Crippen molar-refractivity contribution in [2.24, 2.45) is 0 Å². The van der Waals surface area contributed by atoms with E-state index in [0.29, 0.717) is 0 Å². The molecular formula is C36H35NS3. The molecule has 40 heavy (non-hydrogen) atoms. The van der Waals surface area contributed by atoms with Crippen molar-refractivity contribution in [3.05, 3.63) is 138 Å². The molecule has 0 amide bonds. The van der Waals surface area contributed by atoms with Gasteiger partial charge in [-0.25, -0.2) is 0 Å². The Balaban J connectivity index is 1.80. The third kappa shape index (κ3) is 5.91. The van der Waals surface area contributed by atoms with Gasteiger partial charge in [0.05, 0.1) is 5.54 Å². The van der Waals surface area contributed by atoms with Crippen LogP contribution in [0.4, 0.5) is 0 Å². The van der Waals surface area contributed by atoms with Crippen molar-refractivity contribution in [2.75, 3.05) is 6.54 Å². The fraction of sp³-hybridized carbons (Fsp3) is 0.167. The van der Waals surface area contributed by atoms with E-state index >= 15 is 0 Å². The molecule has 4 heteroatoms. The molecule has 0 aliphatic carbocycles. The van der Waals surface area contributed by atoms with E-state index in [9.17, 15) is 0 Å². The number of benzene rings is 5. The Bertz CT molecular complexity index is 1480. The molecule has 0 saturated heterocycles. The summed E-state index contributed by atoms with van der Waals surface area (Å²) in [7, 11) is 0. The topological polar surface area (TPSA) is 12.0 Å². The van der Waals surface area contributed by atoms with Crippen molar-refractivity contribution in [3.8, 4) is 22.3 Å². The number of thiol groups is 3. The van der Waals surface area contributed by atoms with Crippen molar-refractivity contribution < 1.29 is 0 Å². The van der Waals surface area contributed by atoms with Gasteiger partial charge in [-0.2, -0.15) is 0 Å². The fourth-order valence-corrected chi connectivity index (χ4v) is 6.02. The van der Waals surface area contributed by atoms with E-state index < -0.39 is 5.54 Å². The van der Waals surface area contributed by atoms with Gasteiger partial charge in [0.15, 0.2) is 0 Å². The summed E-state index contributed by atoms with van der Waals surface area (Å²) in [6, 6.07) is 40.9. The van der Waals surface area contributed by atoms with E-state index in [1.807, 2.05) is 24.3 Å². The number of nitrogens with one attached hydrogen (secondary N) is 1. The predicted octanol–water partition coefficient (Wildman–Crippen LogP) is 9.88. The molecule has 0 heterocycles. The van der Waals surface area contributed by atoms with Gasteiger partial charge in [0.2, 0.25) is 0 Å². The molecule has 5 aromatic rings. The zero-order valence-electron chi connectivity index (χ0n) is 22.9. The molecule has 0 aliphatic heterocycles. The first kappa shape index (κ1) is 28.6. The Morgan fingerprint density at radius 1 is 0.600 bits per heavy atom. The summed E-state index contributed by atoms with van der Waals surface area (Å²) >= 11 is 14.1. The lowest BCUT2D eigenvalue weighted by Gasteiger charge is -2.39. The van der Waals surface area contributed by atoms with E-state index in [2.05, 4.69) is 135 Å². The van der Waals surface area contributed by atoms with Crippen molar-refractivity contribution in [3.63, 3.8) is 0 Å². The standard InChI is InChI=1S/C36H35NS3/c1-3-4-22-37-36(30-8-6-5-7-9-30,33-23-28(11-10-25(33)2)26-12-17-31(38)18-13-26)34-24-29(16-21-35(34)40)27-14-19-32(39)20-15-27/h5-21,23-24,37-40H,3-4,22H2,1-2H3. The molecule has 0 bridgehead atoms. The molecule has 0 fully saturated rings. The molecule has 5 aromatic carbocycles. The average molecular weight is 578 g/mol. The normalized spacial score (nSPS) is 12.7. The lowest BCUT2D eigenvalue weighted by Crippen LogP contribution is -2.46. The molecule has 1 nitrogen and oxygen atoms in total. The van der Waals surface area contributed by atoms with Crippen molar-refractivity contribution in [1.82, 2.24) is 5.32 Å². The van der Waals surface area contributed by atoms with Gasteiger partial charge < -0.3 is 0 Å². The van der Waals surface area contributed by atoms with Crippen LogP contribution in [-0.4, -0.2) is 6.54 Å². The van der Waals surface area contributed by atoms with Crippen LogP contribution in [0.2, 0.25) is 0 Å². The quantitative estimate of drug-likeness (QED) is 0.0776. The number of hydrogen-bond acceptors (Lipinski definition) is 4. The number of hydrogen-bond donors (Lipinski definition) is 4. The third-order valence-electron chi connectivity index (χ3n) is 7.57. The maximum absolute atomic E-state index is 5.09. The summed E-state index contributed by atoms with van der Waals surface area (Å²) in [6.07, 6.45) is 2.18. The van der Waals surface area contributed by atoms with E-state index in [4.69, 9.17) is 12.6 Å². The minimum absolute atomic E-state index is 0.614. The first-order valence-corrected chi connectivity index (χ1v) is 15.1. The Labute approximate surface area is 255 Å². The van der Waals surface area contributed by atoms with Gasteiger partial charge in [-0.1, -0.05) is 86.1 Å². The van der Waals surface area contributed by atoms with E-state index in [0.717, 1.165) is 50.8 Å². The number of unbranched alkanes of at least 4 members (excludes halogenated alkanes) is 1. The van der Waals surface area contributed by atoms with Gasteiger partial charge in [-0.15, -0.1) is 37.9 Å². The number of aryl methyl sites for hydroxylation is 1. The Morgan fingerprint density at radius 2 is 1.12 bits per heavy atom. The summed E-state index contributed by atoms with van der Waals surface area (Å²) in [5.74, 6) is 0. The predicted molar refractivity (Wildman–Crippen MR) is 179 cm³/mol. The third-order valence-corrected chi connectivity index (χ3v) is 8.56. The van der Waals surface area contributed by atoms with Crippen LogP contribution in [0.3, 0.4) is 0 Å². The van der Waals surface area contributed by atoms with Crippen molar-refractivity contribution >= 4 is 37.9 Å². The molecule has 0 aromatic heterocycles. The summed E-state index contributed by atoms with van der Waals surface area (Å²) in [4.78, 5) is 2.86. The molecule has 1 atom stereocenters. The maximum Gasteiger partial charge on any atom is 0.0961 e. The summed E-state index contributed by atoms with van der Waals surface area (Å²) in [5, 5.41) is 4.07. The molecule has 202 valence electrons. The Hall–Kier alpha value is -2.89. The highest BCUT2D eigenvalue weighted by Crippen LogP contribution is 2.44. The van der Waals surface area contributed by atoms with Crippen LogP contribution in [0.1, 0.15) is 42.0 Å². The van der Waals surface area contributed by atoms with Gasteiger partial charge in [-0.3, -0.25) is 5.32 Å². The Morgan fingerprint density at radius 3 is 1.70 bits per heavy atom. The monoisotopic (exact) mass is 577 g/mol. The first-order chi connectivity index (χ1) is 19.4. The summed E-state index contributed by atoms with van der Waals surface area (Å²) in [5.41, 5.74) is 8.80. The van der Waals surface area contributed by atoms with Gasteiger partial charge in [-0.05, 0) is 107 Å². The lowest BCUT2D eigenvalue weighted by molar-refractivity contribution is 0.456. The summed E-state index contributed by atoms with van der Waals surface area (Å²) in [6.45, 7) is 5.32. The molecule has 5 rings (SSSR count). The highest BCUT2D eigenvalue weighted by Gasteiger charge is 2.39. The van der Waals surface area contributed by atoms with E-state index in [1.165, 1.54) is 27.8 Å². The van der Waals surface area contributed by atoms with Gasteiger partial charge in [0.1, 0.15) is 0 Å². The Kier molecular flexibility index (Phi) is 9.12. The summed E-state index contributed by atoms with van der Waals surface area (Å²) < 4.78 is 0. The van der Waals surface area contributed by atoms with E-state index in [-0.39, 0.29) is 0 Å². The maximum atomic E-state index is 5.09. The van der Waals surface area contributed by atoms with Crippen molar-refractivity contribution in [2.45, 2.75) is 46.9 Å². The van der Waals surface area contributed by atoms with Crippen LogP contribution in [0.5, 0.6) is 0 Å². The van der Waals surface area contributed by atoms with Gasteiger partial charge in [0, 0.05) is 14.7 Å². The SMILES string of the molecule is CCCCNC(c1ccccc1)(c1cc(-c2ccc(S)cc2)ccc1C)c1cc(-c2ccc(S)cc2)ccc1S. The molecule has 0 saturated carbocycles.